The van der Waals surface area contributed by atoms with Crippen LogP contribution in [0, 0.1) is 11.6 Å². The van der Waals surface area contributed by atoms with Crippen molar-refractivity contribution in [2.75, 3.05) is 32.8 Å². The van der Waals surface area contributed by atoms with Crippen molar-refractivity contribution in [2.24, 2.45) is 0 Å². The lowest BCUT2D eigenvalue weighted by Crippen LogP contribution is -2.51. The maximum Gasteiger partial charge on any atom is 0.290 e. The third-order valence-electron chi connectivity index (χ3n) is 3.44. The van der Waals surface area contributed by atoms with E-state index >= 15 is 0 Å². The Labute approximate surface area is 128 Å². The van der Waals surface area contributed by atoms with E-state index in [2.05, 4.69) is 21.2 Å². The highest BCUT2D eigenvalue weighted by Crippen LogP contribution is 2.39. The van der Waals surface area contributed by atoms with Crippen LogP contribution in [0.25, 0.3) is 0 Å². The highest BCUT2D eigenvalue weighted by molar-refractivity contribution is 9.10. The van der Waals surface area contributed by atoms with Crippen LogP contribution < -0.4 is 5.32 Å². The van der Waals surface area contributed by atoms with E-state index in [0.29, 0.717) is 13.1 Å². The van der Waals surface area contributed by atoms with Gasteiger partial charge in [-0.25, -0.2) is 17.6 Å². The molecule has 2 rings (SSSR count). The molecule has 1 aromatic carbocycles. The summed E-state index contributed by atoms with van der Waals surface area (Å²) in [6, 6.07) is 0.0555. The maximum absolute atomic E-state index is 14.1. The minimum Gasteiger partial charge on any atom is -0.390 e. The molecule has 0 saturated carbocycles. The molecule has 1 saturated heterocycles. The van der Waals surface area contributed by atoms with Crippen molar-refractivity contribution in [3.63, 3.8) is 0 Å². The fourth-order valence-corrected chi connectivity index (χ4v) is 2.90. The monoisotopic (exact) mass is 370 g/mol. The quantitative estimate of drug-likeness (QED) is 0.798. The van der Waals surface area contributed by atoms with Crippen molar-refractivity contribution in [1.82, 2.24) is 10.2 Å². The van der Waals surface area contributed by atoms with Gasteiger partial charge in [-0.1, -0.05) is 15.9 Å². The van der Waals surface area contributed by atoms with E-state index in [1.165, 1.54) is 4.90 Å². The second kappa shape index (κ2) is 6.60. The lowest BCUT2D eigenvalue weighted by Gasteiger charge is -2.38. The van der Waals surface area contributed by atoms with Crippen LogP contribution in [0.4, 0.5) is 17.6 Å². The molecule has 0 spiro atoms. The van der Waals surface area contributed by atoms with Crippen molar-refractivity contribution >= 4 is 15.9 Å². The molecule has 21 heavy (non-hydrogen) atoms. The molecule has 1 fully saturated rings. The molecule has 0 aliphatic carbocycles. The number of rotatable bonds is 4. The molecule has 8 heteroatoms. The first kappa shape index (κ1) is 16.7. The Hall–Kier alpha value is -0.700. The first-order valence-corrected chi connectivity index (χ1v) is 7.24. The van der Waals surface area contributed by atoms with Gasteiger partial charge in [-0.05, 0) is 12.1 Å². The van der Waals surface area contributed by atoms with Gasteiger partial charge in [0.1, 0.15) is 24.3 Å². The second-order valence-electron chi connectivity index (χ2n) is 4.89. The van der Waals surface area contributed by atoms with E-state index in [0.717, 1.165) is 12.1 Å². The topological polar surface area (TPSA) is 35.5 Å². The molecule has 3 nitrogen and oxygen atoms in total. The lowest BCUT2D eigenvalue weighted by atomic mass is 9.97. The molecule has 0 aromatic heterocycles. The van der Waals surface area contributed by atoms with E-state index in [4.69, 9.17) is 5.11 Å². The van der Waals surface area contributed by atoms with Gasteiger partial charge in [0.2, 0.25) is 0 Å². The summed E-state index contributed by atoms with van der Waals surface area (Å²) in [6.07, 6.45) is 0. The number of piperazine rings is 1. The van der Waals surface area contributed by atoms with Crippen LogP contribution in [0.3, 0.4) is 0 Å². The second-order valence-corrected chi connectivity index (χ2v) is 5.81. The summed E-state index contributed by atoms with van der Waals surface area (Å²) >= 11 is 2.92. The Morgan fingerprint density at radius 1 is 1.24 bits per heavy atom. The normalized spacial score (nSPS) is 18.8. The van der Waals surface area contributed by atoms with Crippen LogP contribution in [0.5, 0.6) is 0 Å². The van der Waals surface area contributed by atoms with Crippen LogP contribution in [0.15, 0.2) is 16.6 Å². The molecule has 0 amide bonds. The number of alkyl halides is 2. The van der Waals surface area contributed by atoms with Crippen molar-refractivity contribution < 1.29 is 22.7 Å². The first-order chi connectivity index (χ1) is 9.86. The zero-order valence-electron chi connectivity index (χ0n) is 11.1. The van der Waals surface area contributed by atoms with Gasteiger partial charge in [-0.2, -0.15) is 0 Å². The van der Waals surface area contributed by atoms with Crippen LogP contribution in [0.1, 0.15) is 11.6 Å². The first-order valence-electron chi connectivity index (χ1n) is 6.44. The molecular formula is C13H15BrF4N2O. The van der Waals surface area contributed by atoms with Crippen LogP contribution in [0.2, 0.25) is 0 Å². The van der Waals surface area contributed by atoms with Crippen molar-refractivity contribution in [3.8, 4) is 0 Å². The van der Waals surface area contributed by atoms with Crippen molar-refractivity contribution in [1.29, 1.82) is 0 Å². The molecule has 0 bridgehead atoms. The Morgan fingerprint density at radius 3 is 2.24 bits per heavy atom. The SMILES string of the molecule is OCC(F)(F)[C@@H](c1c(F)cc(Br)cc1F)N1CCNCC1. The lowest BCUT2D eigenvalue weighted by molar-refractivity contribution is -0.120. The summed E-state index contributed by atoms with van der Waals surface area (Å²) in [7, 11) is 0. The van der Waals surface area contributed by atoms with Gasteiger partial charge < -0.3 is 10.4 Å². The average Bonchev–Trinajstić information content (AvgIpc) is 2.43. The molecule has 1 atom stereocenters. The minimum atomic E-state index is -3.65. The maximum atomic E-state index is 14.1. The summed E-state index contributed by atoms with van der Waals surface area (Å²) in [6.45, 7) is -0.156. The largest absolute Gasteiger partial charge is 0.390 e. The molecule has 118 valence electrons. The molecule has 1 aliphatic heterocycles. The number of benzene rings is 1. The molecule has 0 radical (unpaired) electrons. The van der Waals surface area contributed by atoms with Crippen molar-refractivity contribution in [2.45, 2.75) is 12.0 Å². The predicted molar refractivity (Wildman–Crippen MR) is 73.3 cm³/mol. The highest BCUT2D eigenvalue weighted by Gasteiger charge is 2.46. The summed E-state index contributed by atoms with van der Waals surface area (Å²) < 4.78 is 56.4. The fourth-order valence-electron chi connectivity index (χ4n) is 2.50. The average molecular weight is 371 g/mol. The van der Waals surface area contributed by atoms with Gasteiger partial charge in [-0.3, -0.25) is 4.90 Å². The summed E-state index contributed by atoms with van der Waals surface area (Å²) in [4.78, 5) is 1.29. The van der Waals surface area contributed by atoms with Crippen molar-refractivity contribution in [3.05, 3.63) is 33.8 Å². The van der Waals surface area contributed by atoms with Gasteiger partial charge in [0.25, 0.3) is 5.92 Å². The third kappa shape index (κ3) is 3.56. The van der Waals surface area contributed by atoms with Crippen LogP contribution in [-0.2, 0) is 0 Å². The number of hydrogen-bond donors (Lipinski definition) is 2. The smallest absolute Gasteiger partial charge is 0.290 e. The Morgan fingerprint density at radius 2 is 1.76 bits per heavy atom. The Kier molecular flexibility index (Phi) is 5.24. The minimum absolute atomic E-state index is 0.132. The predicted octanol–water partition coefficient (Wildman–Crippen LogP) is 2.30. The van der Waals surface area contributed by atoms with Gasteiger partial charge >= 0.3 is 0 Å². The molecular weight excluding hydrogens is 356 g/mol. The number of nitrogens with one attached hydrogen (secondary N) is 1. The zero-order chi connectivity index (χ0) is 15.6. The van der Waals surface area contributed by atoms with Crippen LogP contribution in [-0.4, -0.2) is 48.7 Å². The summed E-state index contributed by atoms with van der Waals surface area (Å²) in [5.41, 5.74) is -0.709. The summed E-state index contributed by atoms with van der Waals surface area (Å²) in [5.74, 6) is -5.76. The molecule has 2 N–H and O–H groups in total. The number of hydrogen-bond acceptors (Lipinski definition) is 3. The number of halogens is 5. The molecule has 1 heterocycles. The van der Waals surface area contributed by atoms with Gasteiger partial charge in [0.05, 0.1) is 0 Å². The van der Waals surface area contributed by atoms with E-state index in [9.17, 15) is 17.6 Å². The standard InChI is InChI=1S/C13H15BrF4N2O/c14-8-5-9(15)11(10(16)6-8)12(13(17,18)7-21)20-3-1-19-2-4-20/h5-6,12,19,21H,1-4,7H2/t12-/m1/s1. The molecule has 1 aliphatic rings. The Bertz CT molecular complexity index is 486. The zero-order valence-corrected chi connectivity index (χ0v) is 12.6. The molecule has 1 aromatic rings. The van der Waals surface area contributed by atoms with E-state index < -0.39 is 35.8 Å². The number of aliphatic hydroxyl groups is 1. The number of nitrogens with zero attached hydrogens (tertiary/aromatic N) is 1. The Balaban J connectivity index is 2.49. The highest BCUT2D eigenvalue weighted by atomic mass is 79.9. The van der Waals surface area contributed by atoms with E-state index in [1.54, 1.807) is 0 Å². The van der Waals surface area contributed by atoms with Gasteiger partial charge in [0.15, 0.2) is 0 Å². The van der Waals surface area contributed by atoms with Gasteiger partial charge in [0, 0.05) is 36.2 Å². The fraction of sp³-hybridized carbons (Fsp3) is 0.538. The van der Waals surface area contributed by atoms with E-state index in [1.807, 2.05) is 0 Å². The number of aliphatic hydroxyl groups excluding tert-OH is 1. The summed E-state index contributed by atoms with van der Waals surface area (Å²) in [5, 5.41) is 11.9. The molecule has 0 unspecified atom stereocenters. The third-order valence-corrected chi connectivity index (χ3v) is 3.90. The van der Waals surface area contributed by atoms with E-state index in [-0.39, 0.29) is 17.6 Å². The van der Waals surface area contributed by atoms with Crippen LogP contribution >= 0.6 is 15.9 Å². The van der Waals surface area contributed by atoms with Gasteiger partial charge in [-0.15, -0.1) is 0 Å².